The van der Waals surface area contributed by atoms with Gasteiger partial charge in [0.1, 0.15) is 11.5 Å². The molecule has 57 heavy (non-hydrogen) atoms. The van der Waals surface area contributed by atoms with Crippen LogP contribution in [0.15, 0.2) is 94.7 Å². The molecule has 12 heteroatoms. The quantitative estimate of drug-likeness (QED) is 0.0720. The molecule has 308 valence electrons. The molecule has 2 aliphatic rings. The van der Waals surface area contributed by atoms with Gasteiger partial charge in [-0.3, -0.25) is 0 Å². The number of ether oxygens (including phenoxy) is 2. The molecule has 0 amide bonds. The summed E-state index contributed by atoms with van der Waals surface area (Å²) in [5, 5.41) is 24.3. The number of benzene rings is 4. The predicted molar refractivity (Wildman–Crippen MR) is 225 cm³/mol. The molecule has 0 radical (unpaired) electrons. The number of nitrogen functional groups attached to an aromatic ring is 2. The fourth-order valence-electron chi connectivity index (χ4n) is 9.22. The highest BCUT2D eigenvalue weighted by Gasteiger charge is 2.50. The van der Waals surface area contributed by atoms with Gasteiger partial charge in [-0.15, -0.1) is 0 Å². The van der Waals surface area contributed by atoms with E-state index in [1.165, 1.54) is 0 Å². The van der Waals surface area contributed by atoms with E-state index in [9.17, 15) is 27.0 Å². The summed E-state index contributed by atoms with van der Waals surface area (Å²) in [5.74, 6) is -0.460. The number of sulfone groups is 2. The molecule has 4 aromatic carbocycles. The number of hydrogen-bond acceptors (Lipinski definition) is 10. The lowest BCUT2D eigenvalue weighted by Gasteiger charge is -2.39. The van der Waals surface area contributed by atoms with Crippen molar-refractivity contribution in [3.05, 3.63) is 107 Å². The molecular weight excluding hydrogens is 761 g/mol. The Kier molecular flexibility index (Phi) is 12.7. The van der Waals surface area contributed by atoms with E-state index in [0.29, 0.717) is 59.7 Å². The molecule has 6 rings (SSSR count). The molecule has 0 aromatic heterocycles. The maximum Gasteiger partial charge on any atom is 0.230 e. The number of rotatable bonds is 14. The van der Waals surface area contributed by atoms with E-state index in [0.717, 1.165) is 36.8 Å². The molecule has 6 atom stereocenters. The van der Waals surface area contributed by atoms with Crippen molar-refractivity contribution in [3.8, 4) is 11.5 Å². The molecule has 2 aliphatic heterocycles. The third-order valence-electron chi connectivity index (χ3n) is 12.6. The van der Waals surface area contributed by atoms with Crippen LogP contribution in [0.2, 0.25) is 0 Å². The molecule has 1 unspecified atom stereocenters. The van der Waals surface area contributed by atoms with Crippen LogP contribution >= 0.6 is 0 Å². The SMILES string of the molecule is CCCC[C@]1(CC)CS(=O)(=O)c2ccc(N)cc2[C@@H](c2ccc(OCOc3ccc(C4c5cc(N)ccc5S(=O)(=O)C[C@](CC)(CCCC)[C@H]4O)cc3)cc2)[C@H]1O. The van der Waals surface area contributed by atoms with Gasteiger partial charge in [-0.05, 0) is 109 Å². The highest BCUT2D eigenvalue weighted by Crippen LogP contribution is 2.51. The van der Waals surface area contributed by atoms with Crippen LogP contribution in [0, 0.1) is 10.8 Å². The Morgan fingerprint density at radius 2 is 0.965 bits per heavy atom. The fraction of sp³-hybridized carbons (Fsp3) is 0.467. The highest BCUT2D eigenvalue weighted by atomic mass is 32.2. The number of hydrogen-bond donors (Lipinski definition) is 4. The van der Waals surface area contributed by atoms with Gasteiger partial charge in [-0.25, -0.2) is 16.8 Å². The zero-order chi connectivity index (χ0) is 41.2. The van der Waals surface area contributed by atoms with Crippen molar-refractivity contribution >= 4 is 31.0 Å². The van der Waals surface area contributed by atoms with Gasteiger partial charge in [0.05, 0.1) is 33.5 Å². The summed E-state index contributed by atoms with van der Waals surface area (Å²) in [6, 6.07) is 24.2. The average molecular weight is 819 g/mol. The van der Waals surface area contributed by atoms with Gasteiger partial charge in [0.2, 0.25) is 6.79 Å². The van der Waals surface area contributed by atoms with Gasteiger partial charge in [0.25, 0.3) is 0 Å². The summed E-state index contributed by atoms with van der Waals surface area (Å²) < 4.78 is 67.2. The highest BCUT2D eigenvalue weighted by molar-refractivity contribution is 7.91. The zero-order valence-corrected chi connectivity index (χ0v) is 35.1. The van der Waals surface area contributed by atoms with E-state index in [1.807, 2.05) is 38.1 Å². The molecule has 0 aliphatic carbocycles. The third-order valence-corrected chi connectivity index (χ3v) is 16.6. The Morgan fingerprint density at radius 1 is 0.596 bits per heavy atom. The van der Waals surface area contributed by atoms with Gasteiger partial charge in [-0.1, -0.05) is 77.6 Å². The number of nitrogens with two attached hydrogens (primary N) is 2. The van der Waals surface area contributed by atoms with Crippen molar-refractivity contribution in [1.82, 2.24) is 0 Å². The first-order valence-corrected chi connectivity index (χ1v) is 23.5. The van der Waals surface area contributed by atoms with E-state index in [4.69, 9.17) is 20.9 Å². The van der Waals surface area contributed by atoms with Crippen LogP contribution in [0.3, 0.4) is 0 Å². The van der Waals surface area contributed by atoms with E-state index in [1.54, 1.807) is 60.7 Å². The lowest BCUT2D eigenvalue weighted by Crippen LogP contribution is -2.42. The number of anilines is 2. The number of unbranched alkanes of at least 4 members (excludes halogenated alkanes) is 2. The van der Waals surface area contributed by atoms with Crippen molar-refractivity contribution in [2.75, 3.05) is 29.8 Å². The Hall–Kier alpha value is -4.10. The van der Waals surface area contributed by atoms with Crippen molar-refractivity contribution in [2.45, 2.75) is 113 Å². The Bertz CT molecular complexity index is 2090. The lowest BCUT2D eigenvalue weighted by molar-refractivity contribution is 0.0173. The predicted octanol–water partition coefficient (Wildman–Crippen LogP) is 8.00. The molecule has 0 saturated heterocycles. The zero-order valence-electron chi connectivity index (χ0n) is 33.5. The molecule has 0 saturated carbocycles. The molecule has 0 fully saturated rings. The van der Waals surface area contributed by atoms with Gasteiger partial charge in [0.15, 0.2) is 19.7 Å². The summed E-state index contributed by atoms with van der Waals surface area (Å²) in [6.45, 7) is 7.91. The van der Waals surface area contributed by atoms with Crippen LogP contribution in [-0.4, -0.2) is 57.6 Å². The van der Waals surface area contributed by atoms with Crippen LogP contribution in [0.4, 0.5) is 11.4 Å². The minimum absolute atomic E-state index is 0.113. The summed E-state index contributed by atoms with van der Waals surface area (Å²) in [5.41, 5.74) is 14.1. The maximum atomic E-state index is 13.8. The van der Waals surface area contributed by atoms with Crippen LogP contribution in [0.1, 0.15) is 113 Å². The first-order valence-electron chi connectivity index (χ1n) is 20.2. The molecule has 10 nitrogen and oxygen atoms in total. The topological polar surface area (TPSA) is 179 Å². The van der Waals surface area contributed by atoms with Gasteiger partial charge in [-0.2, -0.15) is 0 Å². The molecular formula is C45H58N2O8S2. The molecule has 4 aromatic rings. The van der Waals surface area contributed by atoms with E-state index in [-0.39, 0.29) is 28.1 Å². The van der Waals surface area contributed by atoms with Gasteiger partial charge < -0.3 is 31.2 Å². The number of fused-ring (bicyclic) bond motifs is 2. The lowest BCUT2D eigenvalue weighted by atomic mass is 9.69. The first kappa shape index (κ1) is 42.5. The van der Waals surface area contributed by atoms with Gasteiger partial charge in [0, 0.05) is 34.0 Å². The minimum Gasteiger partial charge on any atom is -0.458 e. The molecule has 0 spiro atoms. The number of aliphatic hydroxyl groups excluding tert-OH is 2. The van der Waals surface area contributed by atoms with Crippen LogP contribution in [-0.2, 0) is 19.7 Å². The largest absolute Gasteiger partial charge is 0.458 e. The Morgan fingerprint density at radius 3 is 1.30 bits per heavy atom. The Labute approximate surface area is 338 Å². The van der Waals surface area contributed by atoms with Crippen molar-refractivity contribution < 1.29 is 36.5 Å². The smallest absolute Gasteiger partial charge is 0.230 e. The molecule has 0 bridgehead atoms. The maximum absolute atomic E-state index is 13.8. The van der Waals surface area contributed by atoms with E-state index >= 15 is 0 Å². The first-order chi connectivity index (χ1) is 27.1. The van der Waals surface area contributed by atoms with Crippen molar-refractivity contribution in [2.24, 2.45) is 10.8 Å². The van der Waals surface area contributed by atoms with E-state index < -0.39 is 54.5 Å². The molecule has 6 N–H and O–H groups in total. The normalized spacial score (nSPS) is 26.4. The second kappa shape index (κ2) is 17.0. The second-order valence-electron chi connectivity index (χ2n) is 16.1. The standard InChI is InChI=1S/C45H58N2O8S2/c1-5-9-23-44(7-3)27-56(50,51)38-21-15-32(46)25-36(38)40(42(44)48)30-11-17-34(18-12-30)54-29-55-35-19-13-31(14-20-35)41-37-26-33(47)16-22-39(37)57(52,53)28-45(8-4,43(41)49)24-10-6-2/h11-22,25-26,40-43,48-49H,5-10,23-24,27-29,46-47H2,1-4H3/t40-,41?,42-,43+,44-,45+/m1/s1. The monoisotopic (exact) mass is 818 g/mol. The fourth-order valence-corrected chi connectivity index (χ4v) is 13.7. The third kappa shape index (κ3) is 8.42. The average Bonchev–Trinajstić information content (AvgIpc) is 3.30. The second-order valence-corrected chi connectivity index (χ2v) is 20.1. The number of aliphatic hydroxyl groups is 2. The van der Waals surface area contributed by atoms with Crippen LogP contribution < -0.4 is 20.9 Å². The van der Waals surface area contributed by atoms with E-state index in [2.05, 4.69) is 13.8 Å². The molecule has 2 heterocycles. The minimum atomic E-state index is -3.71. The van der Waals surface area contributed by atoms with Crippen molar-refractivity contribution in [1.29, 1.82) is 0 Å². The summed E-state index contributed by atoms with van der Waals surface area (Å²) in [6.07, 6.45) is 3.64. The van der Waals surface area contributed by atoms with Crippen LogP contribution in [0.25, 0.3) is 0 Å². The van der Waals surface area contributed by atoms with Gasteiger partial charge >= 0.3 is 0 Å². The summed E-state index contributed by atoms with van der Waals surface area (Å²) in [7, 11) is -7.42. The van der Waals surface area contributed by atoms with Crippen LogP contribution in [0.5, 0.6) is 11.5 Å². The summed E-state index contributed by atoms with van der Waals surface area (Å²) in [4.78, 5) is 0.417. The summed E-state index contributed by atoms with van der Waals surface area (Å²) >= 11 is 0. The Balaban J connectivity index is 1.22. The van der Waals surface area contributed by atoms with Crippen molar-refractivity contribution in [3.63, 3.8) is 0 Å².